The summed E-state index contributed by atoms with van der Waals surface area (Å²) in [4.78, 5) is 2.51. The molecule has 0 saturated carbocycles. The van der Waals surface area contributed by atoms with Gasteiger partial charge in [-0.15, -0.1) is 0 Å². The van der Waals surface area contributed by atoms with Crippen LogP contribution in [0.4, 0.5) is 0 Å². The van der Waals surface area contributed by atoms with Crippen LogP contribution < -0.4 is 5.32 Å². The monoisotopic (exact) mass is 256 g/mol. The van der Waals surface area contributed by atoms with Crippen LogP contribution in [0.2, 0.25) is 0 Å². The van der Waals surface area contributed by atoms with Gasteiger partial charge in [-0.1, -0.05) is 40.0 Å². The standard InChI is InChI=1S/C15H32N2O/c1-4-7-8-9-14(16-10-5-2)15-13-17(6-3)11-12-18-15/h14-16H,4-13H2,1-3H3. The molecule has 108 valence electrons. The molecule has 0 aliphatic carbocycles. The fraction of sp³-hybridized carbons (Fsp3) is 1.00. The van der Waals surface area contributed by atoms with Gasteiger partial charge >= 0.3 is 0 Å². The lowest BCUT2D eigenvalue weighted by molar-refractivity contribution is -0.0464. The predicted molar refractivity (Wildman–Crippen MR) is 78.1 cm³/mol. The molecule has 0 spiro atoms. The van der Waals surface area contributed by atoms with Crippen molar-refractivity contribution < 1.29 is 4.74 Å². The summed E-state index contributed by atoms with van der Waals surface area (Å²) in [5.41, 5.74) is 0. The Morgan fingerprint density at radius 1 is 1.22 bits per heavy atom. The lowest BCUT2D eigenvalue weighted by atomic mass is 10.0. The summed E-state index contributed by atoms with van der Waals surface area (Å²) >= 11 is 0. The van der Waals surface area contributed by atoms with Gasteiger partial charge in [-0.3, -0.25) is 4.90 Å². The van der Waals surface area contributed by atoms with Crippen molar-refractivity contribution in [3.8, 4) is 0 Å². The second-order valence-electron chi connectivity index (χ2n) is 5.36. The largest absolute Gasteiger partial charge is 0.374 e. The zero-order chi connectivity index (χ0) is 13.2. The first-order valence-corrected chi connectivity index (χ1v) is 7.89. The van der Waals surface area contributed by atoms with Crippen LogP contribution in [0.25, 0.3) is 0 Å². The molecule has 0 aromatic heterocycles. The molecular weight excluding hydrogens is 224 g/mol. The third-order valence-corrected chi connectivity index (χ3v) is 3.85. The Balaban J connectivity index is 2.40. The molecule has 1 rings (SSSR count). The van der Waals surface area contributed by atoms with Crippen LogP contribution in [-0.4, -0.2) is 49.8 Å². The summed E-state index contributed by atoms with van der Waals surface area (Å²) < 4.78 is 6.00. The molecule has 3 nitrogen and oxygen atoms in total. The zero-order valence-electron chi connectivity index (χ0n) is 12.6. The van der Waals surface area contributed by atoms with Gasteiger partial charge in [0.15, 0.2) is 0 Å². The lowest BCUT2D eigenvalue weighted by Crippen LogP contribution is -2.52. The van der Waals surface area contributed by atoms with Crippen molar-refractivity contribution >= 4 is 0 Å². The summed E-state index contributed by atoms with van der Waals surface area (Å²) in [7, 11) is 0. The van der Waals surface area contributed by atoms with Crippen molar-refractivity contribution in [2.45, 2.75) is 65.0 Å². The van der Waals surface area contributed by atoms with Crippen molar-refractivity contribution in [3.05, 3.63) is 0 Å². The minimum absolute atomic E-state index is 0.391. The Kier molecular flexibility index (Phi) is 8.64. The van der Waals surface area contributed by atoms with Crippen LogP contribution in [0.5, 0.6) is 0 Å². The van der Waals surface area contributed by atoms with Gasteiger partial charge in [0.2, 0.25) is 0 Å². The number of unbranched alkanes of at least 4 members (excludes halogenated alkanes) is 2. The van der Waals surface area contributed by atoms with Gasteiger partial charge in [-0.05, 0) is 25.9 Å². The van der Waals surface area contributed by atoms with Gasteiger partial charge in [0.05, 0.1) is 12.7 Å². The fourth-order valence-electron chi connectivity index (χ4n) is 2.63. The third-order valence-electron chi connectivity index (χ3n) is 3.85. The maximum Gasteiger partial charge on any atom is 0.0855 e. The Labute approximate surface area is 113 Å². The summed E-state index contributed by atoms with van der Waals surface area (Å²) in [5.74, 6) is 0. The number of hydrogen-bond donors (Lipinski definition) is 1. The van der Waals surface area contributed by atoms with Crippen molar-refractivity contribution in [3.63, 3.8) is 0 Å². The van der Waals surface area contributed by atoms with Crippen molar-refractivity contribution in [1.82, 2.24) is 10.2 Å². The lowest BCUT2D eigenvalue weighted by Gasteiger charge is -2.37. The van der Waals surface area contributed by atoms with Crippen LogP contribution in [0.3, 0.4) is 0 Å². The average Bonchev–Trinajstić information content (AvgIpc) is 2.42. The third kappa shape index (κ3) is 5.68. The minimum atomic E-state index is 0.391. The first-order valence-electron chi connectivity index (χ1n) is 7.89. The Morgan fingerprint density at radius 2 is 2.06 bits per heavy atom. The van der Waals surface area contributed by atoms with E-state index >= 15 is 0 Å². The number of likely N-dealkylation sites (N-methyl/N-ethyl adjacent to an activating group) is 1. The van der Waals surface area contributed by atoms with Crippen molar-refractivity contribution in [2.24, 2.45) is 0 Å². The highest BCUT2D eigenvalue weighted by Gasteiger charge is 2.26. The molecule has 1 saturated heterocycles. The van der Waals surface area contributed by atoms with Crippen LogP contribution in [0.1, 0.15) is 52.9 Å². The van der Waals surface area contributed by atoms with E-state index in [9.17, 15) is 0 Å². The molecule has 0 bridgehead atoms. The van der Waals surface area contributed by atoms with E-state index in [4.69, 9.17) is 4.74 Å². The zero-order valence-corrected chi connectivity index (χ0v) is 12.6. The SMILES string of the molecule is CCCCCC(NCCC)C1CN(CC)CCO1. The van der Waals surface area contributed by atoms with Crippen molar-refractivity contribution in [2.75, 3.05) is 32.8 Å². The average molecular weight is 256 g/mol. The maximum atomic E-state index is 6.00. The number of nitrogens with zero attached hydrogens (tertiary/aromatic N) is 1. The molecule has 0 aromatic carbocycles. The van der Waals surface area contributed by atoms with E-state index < -0.39 is 0 Å². The highest BCUT2D eigenvalue weighted by Crippen LogP contribution is 2.14. The first-order chi connectivity index (χ1) is 8.81. The number of nitrogens with one attached hydrogen (secondary N) is 1. The second-order valence-corrected chi connectivity index (χ2v) is 5.36. The highest BCUT2D eigenvalue weighted by molar-refractivity contribution is 4.82. The van der Waals surface area contributed by atoms with Crippen LogP contribution in [0.15, 0.2) is 0 Å². The highest BCUT2D eigenvalue weighted by atomic mass is 16.5. The quantitative estimate of drug-likeness (QED) is 0.642. The van der Waals surface area contributed by atoms with Crippen LogP contribution in [0, 0.1) is 0 Å². The number of morpholine rings is 1. The Morgan fingerprint density at radius 3 is 2.72 bits per heavy atom. The van der Waals surface area contributed by atoms with Crippen LogP contribution >= 0.6 is 0 Å². The van der Waals surface area contributed by atoms with Crippen LogP contribution in [-0.2, 0) is 4.74 Å². The maximum absolute atomic E-state index is 6.00. The van der Waals surface area contributed by atoms with E-state index in [0.717, 1.165) is 32.8 Å². The number of ether oxygens (including phenoxy) is 1. The first kappa shape index (κ1) is 15.9. The van der Waals surface area contributed by atoms with Crippen molar-refractivity contribution in [1.29, 1.82) is 0 Å². The molecule has 1 aliphatic heterocycles. The topological polar surface area (TPSA) is 24.5 Å². The predicted octanol–water partition coefficient (Wildman–Crippen LogP) is 2.66. The van der Waals surface area contributed by atoms with Gasteiger partial charge in [-0.25, -0.2) is 0 Å². The van der Waals surface area contributed by atoms with E-state index in [1.54, 1.807) is 0 Å². The van der Waals surface area contributed by atoms with E-state index in [1.165, 1.54) is 32.1 Å². The summed E-state index contributed by atoms with van der Waals surface area (Å²) in [6.07, 6.45) is 6.82. The Bertz CT molecular complexity index is 199. The van der Waals surface area contributed by atoms with Gasteiger partial charge in [0.1, 0.15) is 0 Å². The second kappa shape index (κ2) is 9.76. The normalized spacial score (nSPS) is 23.2. The van der Waals surface area contributed by atoms with Gasteiger partial charge < -0.3 is 10.1 Å². The van der Waals surface area contributed by atoms with E-state index in [-0.39, 0.29) is 0 Å². The molecule has 0 aromatic rings. The minimum Gasteiger partial charge on any atom is -0.374 e. The molecule has 1 heterocycles. The van der Waals surface area contributed by atoms with Gasteiger partial charge in [0, 0.05) is 19.1 Å². The molecule has 18 heavy (non-hydrogen) atoms. The van der Waals surface area contributed by atoms with Gasteiger partial charge in [-0.2, -0.15) is 0 Å². The summed E-state index contributed by atoms with van der Waals surface area (Å²) in [6, 6.07) is 0.547. The molecule has 2 unspecified atom stereocenters. The molecule has 1 fully saturated rings. The smallest absolute Gasteiger partial charge is 0.0855 e. The van der Waals surface area contributed by atoms with E-state index in [0.29, 0.717) is 12.1 Å². The summed E-state index contributed by atoms with van der Waals surface area (Å²) in [6.45, 7) is 12.1. The number of rotatable bonds is 9. The fourth-order valence-corrected chi connectivity index (χ4v) is 2.63. The number of hydrogen-bond acceptors (Lipinski definition) is 3. The molecular formula is C15H32N2O. The molecule has 0 radical (unpaired) electrons. The molecule has 2 atom stereocenters. The summed E-state index contributed by atoms with van der Waals surface area (Å²) in [5, 5.41) is 3.69. The van der Waals surface area contributed by atoms with Gasteiger partial charge in [0.25, 0.3) is 0 Å². The molecule has 0 amide bonds. The van der Waals surface area contributed by atoms with E-state index in [2.05, 4.69) is 31.0 Å². The molecule has 1 aliphatic rings. The Hall–Kier alpha value is -0.120. The molecule has 1 N–H and O–H groups in total. The van der Waals surface area contributed by atoms with E-state index in [1.807, 2.05) is 0 Å². The molecule has 3 heteroatoms.